The lowest BCUT2D eigenvalue weighted by molar-refractivity contribution is -0.253. The summed E-state index contributed by atoms with van der Waals surface area (Å²) in [4.78, 5) is 1.28. The number of para-hydroxylation sites is 1. The maximum absolute atomic E-state index is 13.5. The molecule has 186 valence electrons. The Hall–Kier alpha value is -3.47. The van der Waals surface area contributed by atoms with Crippen molar-refractivity contribution in [1.82, 2.24) is 0 Å². The quantitative estimate of drug-likeness (QED) is 0.321. The average Bonchev–Trinajstić information content (AvgIpc) is 3.26. The molecule has 0 aromatic heterocycles. The highest BCUT2D eigenvalue weighted by Crippen LogP contribution is 2.42. The first-order valence-electron chi connectivity index (χ1n) is 10.3. The van der Waals surface area contributed by atoms with Gasteiger partial charge in [-0.25, -0.2) is 0 Å². The second-order valence-electron chi connectivity index (χ2n) is 7.62. The number of anilines is 1. The number of halogens is 7. The predicted molar refractivity (Wildman–Crippen MR) is 112 cm³/mol. The largest absolute Gasteiger partial charge is 0.461 e. The monoisotopic (exact) mass is 501 g/mol. The molecule has 1 unspecified atom stereocenters. The summed E-state index contributed by atoms with van der Waals surface area (Å²) in [6.07, 6.45) is -17.1. The van der Waals surface area contributed by atoms with Gasteiger partial charge in [0.1, 0.15) is 17.2 Å². The molecule has 0 radical (unpaired) electrons. The number of rotatable bonds is 7. The van der Waals surface area contributed by atoms with Gasteiger partial charge in [0.15, 0.2) is 12.3 Å². The van der Waals surface area contributed by atoms with Crippen LogP contribution >= 0.6 is 0 Å². The molecular weight excluding hydrogens is 483 g/mol. The number of alkyl halides is 7. The van der Waals surface area contributed by atoms with Gasteiger partial charge >= 0.3 is 18.7 Å². The summed E-state index contributed by atoms with van der Waals surface area (Å²) in [5, 5.41) is 0. The van der Waals surface area contributed by atoms with E-state index in [0.717, 1.165) is 12.1 Å². The minimum atomic E-state index is -4.77. The van der Waals surface area contributed by atoms with Gasteiger partial charge in [-0.1, -0.05) is 36.4 Å². The van der Waals surface area contributed by atoms with Crippen LogP contribution in [0.5, 0.6) is 17.2 Å². The summed E-state index contributed by atoms with van der Waals surface area (Å²) in [6, 6.07) is 19.4. The van der Waals surface area contributed by atoms with Gasteiger partial charge < -0.3 is 19.1 Å². The van der Waals surface area contributed by atoms with Crippen molar-refractivity contribution in [3.05, 3.63) is 84.4 Å². The molecule has 0 saturated carbocycles. The average molecular weight is 501 g/mol. The molecule has 0 N–H and O–H groups in total. The van der Waals surface area contributed by atoms with E-state index in [1.165, 1.54) is 29.2 Å². The first-order valence-corrected chi connectivity index (χ1v) is 10.3. The molecule has 0 amide bonds. The highest BCUT2D eigenvalue weighted by atomic mass is 19.4. The Bertz CT molecular complexity index is 1140. The molecule has 1 aliphatic rings. The van der Waals surface area contributed by atoms with E-state index in [4.69, 9.17) is 9.47 Å². The van der Waals surface area contributed by atoms with Crippen LogP contribution in [0.15, 0.2) is 78.9 Å². The third-order valence-corrected chi connectivity index (χ3v) is 5.08. The summed E-state index contributed by atoms with van der Waals surface area (Å²) < 4.78 is 107. The highest BCUT2D eigenvalue weighted by molar-refractivity contribution is 5.54. The van der Waals surface area contributed by atoms with Crippen LogP contribution in [0.1, 0.15) is 11.8 Å². The second-order valence-corrected chi connectivity index (χ2v) is 7.62. The summed E-state index contributed by atoms with van der Waals surface area (Å²) >= 11 is 0. The van der Waals surface area contributed by atoms with Crippen molar-refractivity contribution >= 4 is 5.69 Å². The van der Waals surface area contributed by atoms with Gasteiger partial charge in [0.2, 0.25) is 0 Å². The van der Waals surface area contributed by atoms with Gasteiger partial charge in [-0.15, -0.1) is 0 Å². The summed E-state index contributed by atoms with van der Waals surface area (Å²) in [5.41, 5.74) is 0.313. The van der Waals surface area contributed by atoms with Crippen LogP contribution < -0.4 is 14.4 Å². The van der Waals surface area contributed by atoms with E-state index in [2.05, 4.69) is 4.74 Å². The van der Waals surface area contributed by atoms with Gasteiger partial charge in [0.25, 0.3) is 0 Å². The van der Waals surface area contributed by atoms with Crippen LogP contribution in [0.3, 0.4) is 0 Å². The van der Waals surface area contributed by atoms with Crippen molar-refractivity contribution in [2.45, 2.75) is 31.0 Å². The Kier molecular flexibility index (Phi) is 6.79. The van der Waals surface area contributed by atoms with E-state index in [-0.39, 0.29) is 5.56 Å². The van der Waals surface area contributed by atoms with Crippen LogP contribution in [0, 0.1) is 0 Å². The fourth-order valence-corrected chi connectivity index (χ4v) is 3.51. The summed E-state index contributed by atoms with van der Waals surface area (Å²) in [6.45, 7) is -0.596. The highest BCUT2D eigenvalue weighted by Gasteiger charge is 2.49. The van der Waals surface area contributed by atoms with Crippen LogP contribution in [0.2, 0.25) is 0 Å². The SMILES string of the molecule is FC(F)C(F)(F)Oc1cccc([C@H]2OC(C(F)(F)F)CN2c2cccc(Oc3ccccc3)c2)c1. The molecule has 1 heterocycles. The molecule has 0 bridgehead atoms. The Labute approximate surface area is 195 Å². The Morgan fingerprint density at radius 3 is 2.14 bits per heavy atom. The van der Waals surface area contributed by atoms with Crippen molar-refractivity contribution < 1.29 is 44.9 Å². The molecular formula is C24H18F7NO3. The maximum atomic E-state index is 13.5. The van der Waals surface area contributed by atoms with Crippen molar-refractivity contribution in [3.63, 3.8) is 0 Å². The van der Waals surface area contributed by atoms with E-state index in [9.17, 15) is 30.7 Å². The zero-order chi connectivity index (χ0) is 25.2. The lowest BCUT2D eigenvalue weighted by Crippen LogP contribution is -2.33. The lowest BCUT2D eigenvalue weighted by atomic mass is 10.1. The summed E-state index contributed by atoms with van der Waals surface area (Å²) in [7, 11) is 0. The van der Waals surface area contributed by atoms with Gasteiger partial charge in [-0.2, -0.15) is 30.7 Å². The smallest absolute Gasteiger partial charge is 0.457 e. The van der Waals surface area contributed by atoms with Crippen LogP contribution in [0.25, 0.3) is 0 Å². The molecule has 4 rings (SSSR count). The fourth-order valence-electron chi connectivity index (χ4n) is 3.51. The van der Waals surface area contributed by atoms with Gasteiger partial charge in [-0.05, 0) is 36.4 Å². The van der Waals surface area contributed by atoms with Crippen LogP contribution in [-0.4, -0.2) is 31.4 Å². The third kappa shape index (κ3) is 5.79. The molecule has 1 aliphatic heterocycles. The van der Waals surface area contributed by atoms with Gasteiger partial charge in [0.05, 0.1) is 6.54 Å². The topological polar surface area (TPSA) is 30.9 Å². The number of benzene rings is 3. The fraction of sp³-hybridized carbons (Fsp3) is 0.250. The van der Waals surface area contributed by atoms with Crippen LogP contribution in [0.4, 0.5) is 36.4 Å². The number of hydrogen-bond acceptors (Lipinski definition) is 4. The molecule has 0 aliphatic carbocycles. The number of nitrogens with zero attached hydrogens (tertiary/aromatic N) is 1. The minimum absolute atomic E-state index is 0.00805. The predicted octanol–water partition coefficient (Wildman–Crippen LogP) is 7.18. The maximum Gasteiger partial charge on any atom is 0.461 e. The Morgan fingerprint density at radius 1 is 0.800 bits per heavy atom. The molecule has 4 nitrogen and oxygen atoms in total. The zero-order valence-electron chi connectivity index (χ0n) is 17.8. The Balaban J connectivity index is 1.65. The van der Waals surface area contributed by atoms with E-state index in [1.807, 2.05) is 0 Å². The van der Waals surface area contributed by atoms with E-state index >= 15 is 0 Å². The molecule has 3 aromatic rings. The first kappa shape index (κ1) is 24.6. The molecule has 3 aromatic carbocycles. The van der Waals surface area contributed by atoms with Crippen molar-refractivity contribution in [3.8, 4) is 17.2 Å². The minimum Gasteiger partial charge on any atom is -0.457 e. The molecule has 0 spiro atoms. The van der Waals surface area contributed by atoms with Crippen molar-refractivity contribution in [2.75, 3.05) is 11.4 Å². The molecule has 2 atom stereocenters. The van der Waals surface area contributed by atoms with Gasteiger partial charge in [-0.3, -0.25) is 0 Å². The van der Waals surface area contributed by atoms with Crippen molar-refractivity contribution in [1.29, 1.82) is 0 Å². The third-order valence-electron chi connectivity index (χ3n) is 5.08. The molecule has 1 fully saturated rings. The van der Waals surface area contributed by atoms with E-state index in [0.29, 0.717) is 17.2 Å². The second kappa shape index (κ2) is 9.65. The molecule has 1 saturated heterocycles. The number of ether oxygens (including phenoxy) is 3. The van der Waals surface area contributed by atoms with E-state index < -0.39 is 43.3 Å². The van der Waals surface area contributed by atoms with E-state index in [1.54, 1.807) is 42.5 Å². The van der Waals surface area contributed by atoms with Crippen molar-refractivity contribution in [2.24, 2.45) is 0 Å². The normalized spacial score (nSPS) is 18.7. The van der Waals surface area contributed by atoms with Crippen LogP contribution in [-0.2, 0) is 4.74 Å². The van der Waals surface area contributed by atoms with Gasteiger partial charge in [0, 0.05) is 17.3 Å². The molecule has 35 heavy (non-hydrogen) atoms. The molecule has 11 heteroatoms. The summed E-state index contributed by atoms with van der Waals surface area (Å²) in [5.74, 6) is 0.210. The lowest BCUT2D eigenvalue weighted by Gasteiger charge is -2.26. The first-order chi connectivity index (χ1) is 16.5. The zero-order valence-corrected chi connectivity index (χ0v) is 17.8. The number of hydrogen-bond donors (Lipinski definition) is 0. The standard InChI is InChI=1S/C24H18F7NO3/c25-22(26)24(30,31)35-19-11-4-6-15(12-19)21-32(14-20(34-21)23(27,28)29)16-7-5-10-18(13-16)33-17-8-2-1-3-9-17/h1-13,20-22H,14H2/t20?,21-/m1/s1. The Morgan fingerprint density at radius 2 is 1.46 bits per heavy atom.